The molecule has 2 nitrogen and oxygen atoms in total. The molecule has 3 heteroatoms. The highest BCUT2D eigenvalue weighted by Crippen LogP contribution is 2.44. The van der Waals surface area contributed by atoms with E-state index in [1.54, 1.807) is 6.20 Å². The van der Waals surface area contributed by atoms with Crippen LogP contribution < -0.4 is 0 Å². The van der Waals surface area contributed by atoms with Crippen LogP contribution in [-0.2, 0) is 0 Å². The summed E-state index contributed by atoms with van der Waals surface area (Å²) in [7, 11) is 0. The fraction of sp³-hybridized carbons (Fsp3) is 0.444. The average Bonchev–Trinajstić information content (AvgIpc) is 2.53. The lowest BCUT2D eigenvalue weighted by Crippen LogP contribution is -2.32. The molecule has 2 bridgehead atoms. The Kier molecular flexibility index (Phi) is 3.46. The van der Waals surface area contributed by atoms with Gasteiger partial charge in [-0.3, -0.25) is 9.78 Å². The van der Waals surface area contributed by atoms with E-state index >= 15 is 0 Å². The molecule has 2 aliphatic rings. The normalized spacial score (nSPS) is 28.5. The van der Waals surface area contributed by atoms with Crippen molar-refractivity contribution in [1.29, 1.82) is 0 Å². The van der Waals surface area contributed by atoms with E-state index in [1.165, 1.54) is 19.3 Å². The lowest BCUT2D eigenvalue weighted by atomic mass is 9.84. The number of thioether (sulfide) groups is 1. The van der Waals surface area contributed by atoms with Crippen LogP contribution in [0.4, 0.5) is 0 Å². The van der Waals surface area contributed by atoms with Crippen LogP contribution in [0.25, 0.3) is 10.9 Å². The number of fused-ring (bicyclic) bond motifs is 3. The third kappa shape index (κ3) is 2.59. The van der Waals surface area contributed by atoms with Gasteiger partial charge in [0.05, 0.1) is 5.52 Å². The molecule has 0 N–H and O–H groups in total. The van der Waals surface area contributed by atoms with Gasteiger partial charge in [-0.2, -0.15) is 11.8 Å². The molecule has 2 unspecified atom stereocenters. The topological polar surface area (TPSA) is 30.0 Å². The van der Waals surface area contributed by atoms with Gasteiger partial charge >= 0.3 is 0 Å². The molecular weight excluding hydrogens is 278 g/mol. The summed E-state index contributed by atoms with van der Waals surface area (Å²) in [5.74, 6) is 0.523. The molecule has 0 radical (unpaired) electrons. The maximum Gasteiger partial charge on any atom is 0.167 e. The molecule has 1 aromatic heterocycles. The average molecular weight is 297 g/mol. The second kappa shape index (κ2) is 5.45. The van der Waals surface area contributed by atoms with Crippen LogP contribution in [0.2, 0.25) is 0 Å². The Morgan fingerprint density at radius 1 is 1.14 bits per heavy atom. The SMILES string of the molecule is O=C(c1cnc2ccccc2c1)C1CC2CCCC(C1)S2. The van der Waals surface area contributed by atoms with Crippen molar-refractivity contribution in [3.8, 4) is 0 Å². The molecule has 0 amide bonds. The molecular formula is C18H19NOS. The maximum absolute atomic E-state index is 12.8. The van der Waals surface area contributed by atoms with E-state index in [2.05, 4.69) is 16.7 Å². The number of nitrogens with zero attached hydrogens (tertiary/aromatic N) is 1. The third-order valence-electron chi connectivity index (χ3n) is 4.78. The van der Waals surface area contributed by atoms with Gasteiger partial charge in [-0.25, -0.2) is 0 Å². The van der Waals surface area contributed by atoms with Crippen LogP contribution in [0.3, 0.4) is 0 Å². The van der Waals surface area contributed by atoms with Crippen molar-refractivity contribution in [3.63, 3.8) is 0 Å². The zero-order chi connectivity index (χ0) is 14.2. The summed E-state index contributed by atoms with van der Waals surface area (Å²) in [5, 5.41) is 2.48. The van der Waals surface area contributed by atoms with E-state index in [-0.39, 0.29) is 5.92 Å². The molecule has 2 saturated heterocycles. The number of hydrogen-bond donors (Lipinski definition) is 0. The Balaban J connectivity index is 1.60. The molecule has 0 spiro atoms. The fourth-order valence-corrected chi connectivity index (χ4v) is 5.55. The van der Waals surface area contributed by atoms with Crippen LogP contribution in [0, 0.1) is 5.92 Å². The molecule has 2 fully saturated rings. The number of carbonyl (C=O) groups excluding carboxylic acids is 1. The van der Waals surface area contributed by atoms with Crippen molar-refractivity contribution in [2.45, 2.75) is 42.6 Å². The molecule has 21 heavy (non-hydrogen) atoms. The molecule has 1 aromatic carbocycles. The quantitative estimate of drug-likeness (QED) is 0.765. The molecule has 2 aliphatic heterocycles. The molecule has 108 valence electrons. The van der Waals surface area contributed by atoms with Crippen molar-refractivity contribution in [2.24, 2.45) is 5.92 Å². The molecule has 4 rings (SSSR count). The standard InChI is InChI=1S/C18H19NOS/c20-18(13-9-15-5-3-6-16(10-13)21-15)14-8-12-4-1-2-7-17(12)19-11-14/h1-2,4,7-8,11,13,15-16H,3,5-6,9-10H2. The highest BCUT2D eigenvalue weighted by Gasteiger charge is 2.35. The highest BCUT2D eigenvalue weighted by atomic mass is 32.2. The van der Waals surface area contributed by atoms with Gasteiger partial charge in [-0.1, -0.05) is 24.6 Å². The lowest BCUT2D eigenvalue weighted by molar-refractivity contribution is 0.0896. The van der Waals surface area contributed by atoms with Gasteiger partial charge in [0.1, 0.15) is 0 Å². The molecule has 0 aliphatic carbocycles. The number of ketones is 1. The van der Waals surface area contributed by atoms with Crippen LogP contribution in [0.5, 0.6) is 0 Å². The number of hydrogen-bond acceptors (Lipinski definition) is 3. The fourth-order valence-electron chi connectivity index (χ4n) is 3.71. The predicted molar refractivity (Wildman–Crippen MR) is 87.8 cm³/mol. The highest BCUT2D eigenvalue weighted by molar-refractivity contribution is 8.00. The summed E-state index contributed by atoms with van der Waals surface area (Å²) in [5.41, 5.74) is 1.76. The molecule has 2 atom stereocenters. The molecule has 3 heterocycles. The van der Waals surface area contributed by atoms with Crippen LogP contribution >= 0.6 is 11.8 Å². The first-order chi connectivity index (χ1) is 10.3. The number of Topliss-reactive ketones (excluding diaryl/α,β-unsaturated/α-hetero) is 1. The number of rotatable bonds is 2. The van der Waals surface area contributed by atoms with Crippen molar-refractivity contribution < 1.29 is 4.79 Å². The summed E-state index contributed by atoms with van der Waals surface area (Å²) in [6, 6.07) is 10.0. The number of benzene rings is 1. The molecule has 2 aromatic rings. The summed E-state index contributed by atoms with van der Waals surface area (Å²) in [6.45, 7) is 0. The monoisotopic (exact) mass is 297 g/mol. The van der Waals surface area contributed by atoms with Gasteiger partial charge in [0.15, 0.2) is 5.78 Å². The van der Waals surface area contributed by atoms with E-state index in [4.69, 9.17) is 0 Å². The summed E-state index contributed by atoms with van der Waals surface area (Å²) in [6.07, 6.45) is 7.82. The van der Waals surface area contributed by atoms with E-state index in [9.17, 15) is 4.79 Å². The van der Waals surface area contributed by atoms with Gasteiger partial charge < -0.3 is 0 Å². The number of carbonyl (C=O) groups is 1. The van der Waals surface area contributed by atoms with Crippen LogP contribution in [0.1, 0.15) is 42.5 Å². The van der Waals surface area contributed by atoms with Crippen molar-refractivity contribution in [3.05, 3.63) is 42.1 Å². The van der Waals surface area contributed by atoms with Crippen LogP contribution in [0.15, 0.2) is 36.5 Å². The van der Waals surface area contributed by atoms with Crippen molar-refractivity contribution in [1.82, 2.24) is 4.98 Å². The van der Waals surface area contributed by atoms with Crippen molar-refractivity contribution >= 4 is 28.4 Å². The van der Waals surface area contributed by atoms with Gasteiger partial charge in [0.25, 0.3) is 0 Å². The Labute approximate surface area is 129 Å². The van der Waals surface area contributed by atoms with Gasteiger partial charge in [0.2, 0.25) is 0 Å². The lowest BCUT2D eigenvalue weighted by Gasteiger charge is -2.37. The molecule has 0 saturated carbocycles. The largest absolute Gasteiger partial charge is 0.294 e. The maximum atomic E-state index is 12.8. The van der Waals surface area contributed by atoms with Gasteiger partial charge in [-0.15, -0.1) is 0 Å². The zero-order valence-electron chi connectivity index (χ0n) is 12.0. The first-order valence-electron chi connectivity index (χ1n) is 7.84. The van der Waals surface area contributed by atoms with Gasteiger partial charge in [0, 0.05) is 33.6 Å². The number of pyridine rings is 1. The Bertz CT molecular complexity index is 672. The van der Waals surface area contributed by atoms with Crippen LogP contribution in [-0.4, -0.2) is 21.3 Å². The summed E-state index contributed by atoms with van der Waals surface area (Å²) >= 11 is 2.12. The van der Waals surface area contributed by atoms with E-state index in [0.717, 1.165) is 29.3 Å². The van der Waals surface area contributed by atoms with E-state index < -0.39 is 0 Å². The number of aromatic nitrogens is 1. The van der Waals surface area contributed by atoms with Gasteiger partial charge in [-0.05, 0) is 37.8 Å². The van der Waals surface area contributed by atoms with E-state index in [0.29, 0.717) is 16.3 Å². The summed E-state index contributed by atoms with van der Waals surface area (Å²) in [4.78, 5) is 17.3. The Hall–Kier alpha value is -1.35. The van der Waals surface area contributed by atoms with Crippen molar-refractivity contribution in [2.75, 3.05) is 0 Å². The second-order valence-corrected chi connectivity index (χ2v) is 7.87. The Morgan fingerprint density at radius 3 is 2.71 bits per heavy atom. The predicted octanol–water partition coefficient (Wildman–Crippen LogP) is 4.48. The smallest absolute Gasteiger partial charge is 0.167 e. The Morgan fingerprint density at radius 2 is 1.90 bits per heavy atom. The zero-order valence-corrected chi connectivity index (χ0v) is 12.8. The second-order valence-electron chi connectivity index (χ2n) is 6.26. The summed E-state index contributed by atoms with van der Waals surface area (Å²) < 4.78 is 0. The number of para-hydroxylation sites is 1. The first kappa shape index (κ1) is 13.3. The first-order valence-corrected chi connectivity index (χ1v) is 8.78. The minimum Gasteiger partial charge on any atom is -0.294 e. The van der Waals surface area contributed by atoms with E-state index in [1.807, 2.05) is 30.3 Å². The third-order valence-corrected chi connectivity index (χ3v) is 6.40. The minimum atomic E-state index is 0.213. The minimum absolute atomic E-state index is 0.213.